The van der Waals surface area contributed by atoms with Crippen LogP contribution in [0, 0.1) is 5.82 Å². The zero-order chi connectivity index (χ0) is 20.4. The molecule has 154 valence electrons. The summed E-state index contributed by atoms with van der Waals surface area (Å²) in [5, 5.41) is 3.04. The van der Waals surface area contributed by atoms with Gasteiger partial charge in [-0.15, -0.1) is 0 Å². The molecule has 0 spiro atoms. The maximum atomic E-state index is 13.3. The number of carbonyl (C=O) groups excluding carboxylic acids is 1. The fourth-order valence-electron chi connectivity index (χ4n) is 4.17. The molecule has 2 heterocycles. The van der Waals surface area contributed by atoms with Crippen LogP contribution in [0.15, 0.2) is 36.4 Å². The fraction of sp³-hybridized carbons (Fsp3) is 0.409. The number of carbonyl (C=O) groups is 1. The molecule has 0 aliphatic carbocycles. The molecule has 1 fully saturated rings. The van der Waals surface area contributed by atoms with Gasteiger partial charge in [0.1, 0.15) is 11.9 Å². The number of halogens is 2. The Labute approximate surface area is 174 Å². The smallest absolute Gasteiger partial charge is 0.282 e. The molecule has 0 aromatic heterocycles. The molecule has 3 atom stereocenters. The van der Waals surface area contributed by atoms with Gasteiger partial charge in [-0.2, -0.15) is 0 Å². The lowest BCUT2D eigenvalue weighted by Gasteiger charge is -2.27. The van der Waals surface area contributed by atoms with E-state index in [1.54, 1.807) is 0 Å². The number of ether oxygens (including phenoxy) is 2. The van der Waals surface area contributed by atoms with Crippen molar-refractivity contribution in [3.63, 3.8) is 0 Å². The number of likely N-dealkylation sites (tertiary alicyclic amines) is 1. The van der Waals surface area contributed by atoms with Crippen LogP contribution in [0.1, 0.15) is 37.8 Å². The Morgan fingerprint density at radius 1 is 1.17 bits per heavy atom. The molecule has 2 aromatic rings. The molecule has 1 saturated heterocycles. The third-order valence-corrected chi connectivity index (χ3v) is 6.03. The third-order valence-electron chi connectivity index (χ3n) is 5.72. The van der Waals surface area contributed by atoms with E-state index in [4.69, 9.17) is 21.1 Å². The van der Waals surface area contributed by atoms with E-state index in [1.807, 2.05) is 13.0 Å². The first-order chi connectivity index (χ1) is 14.0. The second-order valence-corrected chi connectivity index (χ2v) is 8.02. The van der Waals surface area contributed by atoms with Crippen LogP contribution in [0.5, 0.6) is 11.5 Å². The first-order valence-corrected chi connectivity index (χ1v) is 10.4. The van der Waals surface area contributed by atoms with E-state index < -0.39 is 5.82 Å². The van der Waals surface area contributed by atoms with E-state index in [2.05, 4.69) is 17.4 Å². The fourth-order valence-corrected chi connectivity index (χ4v) is 4.38. The van der Waals surface area contributed by atoms with Crippen LogP contribution in [-0.2, 0) is 4.79 Å². The highest BCUT2D eigenvalue weighted by atomic mass is 35.5. The minimum atomic E-state index is -0.430. The van der Waals surface area contributed by atoms with Gasteiger partial charge in [0.25, 0.3) is 5.91 Å². The molecular formula is C22H25ClFN2O3+. The Bertz CT molecular complexity index is 908. The first kappa shape index (κ1) is 20.0. The minimum Gasteiger partial charge on any atom is -0.490 e. The molecule has 29 heavy (non-hydrogen) atoms. The van der Waals surface area contributed by atoms with Gasteiger partial charge in [-0.1, -0.05) is 11.6 Å². The van der Waals surface area contributed by atoms with Crippen molar-refractivity contribution in [2.75, 3.05) is 25.1 Å². The lowest BCUT2D eigenvalue weighted by molar-refractivity contribution is -0.932. The van der Waals surface area contributed by atoms with Crippen molar-refractivity contribution in [3.8, 4) is 11.5 Å². The summed E-state index contributed by atoms with van der Waals surface area (Å²) < 4.78 is 24.8. The summed E-state index contributed by atoms with van der Waals surface area (Å²) in [6.07, 6.45) is 2.92. The molecule has 2 aliphatic rings. The van der Waals surface area contributed by atoms with Gasteiger partial charge in [-0.25, -0.2) is 4.39 Å². The van der Waals surface area contributed by atoms with Gasteiger partial charge in [-0.05, 0) is 43.3 Å². The highest BCUT2D eigenvalue weighted by molar-refractivity contribution is 6.33. The summed E-state index contributed by atoms with van der Waals surface area (Å²) in [6.45, 7) is 4.14. The molecule has 0 radical (unpaired) electrons. The number of nitrogens with one attached hydrogen (secondary N) is 2. The number of rotatable bonds is 4. The van der Waals surface area contributed by atoms with Crippen molar-refractivity contribution in [3.05, 3.63) is 52.8 Å². The Balaban J connectivity index is 1.50. The van der Waals surface area contributed by atoms with Crippen molar-refractivity contribution < 1.29 is 23.6 Å². The van der Waals surface area contributed by atoms with Gasteiger partial charge in [0.2, 0.25) is 0 Å². The summed E-state index contributed by atoms with van der Waals surface area (Å²) >= 11 is 6.06. The number of fused-ring (bicyclic) bond motifs is 1. The average Bonchev–Trinajstić information content (AvgIpc) is 3.08. The number of hydrogen-bond donors (Lipinski definition) is 2. The third kappa shape index (κ3) is 4.33. The van der Waals surface area contributed by atoms with E-state index in [1.165, 1.54) is 23.1 Å². The molecule has 7 heteroatoms. The quantitative estimate of drug-likeness (QED) is 0.798. The molecule has 1 amide bonds. The van der Waals surface area contributed by atoms with Crippen LogP contribution in [0.3, 0.4) is 0 Å². The van der Waals surface area contributed by atoms with Crippen molar-refractivity contribution in [2.45, 2.75) is 38.3 Å². The molecule has 5 nitrogen and oxygen atoms in total. The average molecular weight is 420 g/mol. The number of benzene rings is 2. The predicted octanol–water partition coefficient (Wildman–Crippen LogP) is 3.39. The van der Waals surface area contributed by atoms with Crippen LogP contribution in [0.4, 0.5) is 10.1 Å². The minimum absolute atomic E-state index is 0.130. The first-order valence-electron chi connectivity index (χ1n) is 10.0. The lowest BCUT2D eigenvalue weighted by Crippen LogP contribution is -3.15. The summed E-state index contributed by atoms with van der Waals surface area (Å²) in [7, 11) is 0. The van der Waals surface area contributed by atoms with E-state index >= 15 is 0 Å². The highest BCUT2D eigenvalue weighted by Crippen LogP contribution is 2.33. The highest BCUT2D eigenvalue weighted by Gasteiger charge is 2.37. The predicted molar refractivity (Wildman–Crippen MR) is 109 cm³/mol. The Morgan fingerprint density at radius 3 is 2.76 bits per heavy atom. The van der Waals surface area contributed by atoms with Gasteiger partial charge in [0, 0.05) is 24.8 Å². The second kappa shape index (κ2) is 8.59. The van der Waals surface area contributed by atoms with E-state index in [-0.39, 0.29) is 23.0 Å². The summed E-state index contributed by atoms with van der Waals surface area (Å²) in [5.41, 5.74) is 1.58. The van der Waals surface area contributed by atoms with E-state index in [0.717, 1.165) is 42.9 Å². The SMILES string of the molecule is C[C@H](C(=O)Nc1ccc(F)cc1Cl)[NH+]1CCC[C@@H]1c1ccc2c(c1)OCCCO2. The molecule has 0 saturated carbocycles. The van der Waals surface area contributed by atoms with Crippen LogP contribution < -0.4 is 19.7 Å². The van der Waals surface area contributed by atoms with Crippen LogP contribution in [-0.4, -0.2) is 31.7 Å². The monoisotopic (exact) mass is 419 g/mol. The van der Waals surface area contributed by atoms with Gasteiger partial charge >= 0.3 is 0 Å². The van der Waals surface area contributed by atoms with E-state index in [9.17, 15) is 9.18 Å². The molecule has 2 aliphatic heterocycles. The standard InChI is InChI=1S/C22H24ClFN2O3/c1-14(22(27)25-18-7-6-16(24)13-17(18)23)26-9-2-4-19(26)15-5-8-20-21(12-15)29-11-3-10-28-20/h5-8,12-14,19H,2-4,9-11H2,1H3,(H,25,27)/p+1/t14-,19-/m1/s1. The van der Waals surface area contributed by atoms with Gasteiger partial charge in [0.15, 0.2) is 17.5 Å². The van der Waals surface area contributed by atoms with Crippen molar-refractivity contribution in [2.24, 2.45) is 0 Å². The van der Waals surface area contributed by atoms with Gasteiger partial charge in [0.05, 0.1) is 30.5 Å². The van der Waals surface area contributed by atoms with Gasteiger partial charge < -0.3 is 19.7 Å². The van der Waals surface area contributed by atoms with Crippen LogP contribution in [0.25, 0.3) is 0 Å². The van der Waals surface area contributed by atoms with Crippen molar-refractivity contribution in [1.82, 2.24) is 0 Å². The van der Waals surface area contributed by atoms with Gasteiger partial charge in [-0.3, -0.25) is 4.79 Å². The molecule has 4 rings (SSSR count). The summed E-state index contributed by atoms with van der Waals surface area (Å²) in [6, 6.07) is 10.00. The zero-order valence-corrected chi connectivity index (χ0v) is 17.1. The maximum Gasteiger partial charge on any atom is 0.282 e. The topological polar surface area (TPSA) is 52.0 Å². The maximum absolute atomic E-state index is 13.3. The van der Waals surface area contributed by atoms with Crippen molar-refractivity contribution in [1.29, 1.82) is 0 Å². The summed E-state index contributed by atoms with van der Waals surface area (Å²) in [4.78, 5) is 14.1. The normalized spacial score (nSPS) is 22.0. The molecule has 1 unspecified atom stereocenters. The van der Waals surface area contributed by atoms with E-state index in [0.29, 0.717) is 18.9 Å². The Morgan fingerprint density at radius 2 is 1.97 bits per heavy atom. The zero-order valence-electron chi connectivity index (χ0n) is 16.3. The largest absolute Gasteiger partial charge is 0.490 e. The number of amides is 1. The Hall–Kier alpha value is -2.31. The second-order valence-electron chi connectivity index (χ2n) is 7.61. The molecule has 2 N–H and O–H groups in total. The van der Waals surface area contributed by atoms with Crippen molar-refractivity contribution >= 4 is 23.2 Å². The van der Waals surface area contributed by atoms with Crippen LogP contribution in [0.2, 0.25) is 5.02 Å². The summed E-state index contributed by atoms with van der Waals surface area (Å²) in [5.74, 6) is 0.999. The number of hydrogen-bond acceptors (Lipinski definition) is 3. The molecular weight excluding hydrogens is 395 g/mol. The number of anilines is 1. The number of quaternary nitrogens is 1. The lowest BCUT2D eigenvalue weighted by atomic mass is 10.0. The Kier molecular flexibility index (Phi) is 5.92. The molecule has 0 bridgehead atoms. The molecule has 2 aromatic carbocycles. The van der Waals surface area contributed by atoms with Crippen LogP contribution >= 0.6 is 11.6 Å².